The van der Waals surface area contributed by atoms with Crippen LogP contribution in [-0.2, 0) is 4.79 Å². The lowest BCUT2D eigenvalue weighted by atomic mass is 10.2. The SMILES string of the molecule is O=C(NCCN1C(=O)S/C(=C/c2ccc(F)cc2)C1=O)c1cc2ccccc2oc1=O. The fraction of sp³-hybridized carbons (Fsp3) is 0.0909. The van der Waals surface area contributed by atoms with Gasteiger partial charge in [-0.3, -0.25) is 19.3 Å². The molecule has 0 spiro atoms. The van der Waals surface area contributed by atoms with Crippen LogP contribution in [0.3, 0.4) is 0 Å². The lowest BCUT2D eigenvalue weighted by Crippen LogP contribution is -2.38. The van der Waals surface area contributed by atoms with Crippen molar-refractivity contribution in [3.63, 3.8) is 0 Å². The summed E-state index contributed by atoms with van der Waals surface area (Å²) >= 11 is 0.767. The summed E-state index contributed by atoms with van der Waals surface area (Å²) in [7, 11) is 0. The van der Waals surface area contributed by atoms with Crippen LogP contribution in [0.4, 0.5) is 9.18 Å². The van der Waals surface area contributed by atoms with Crippen LogP contribution in [0.15, 0.2) is 68.7 Å². The predicted octanol–water partition coefficient (Wildman–Crippen LogP) is 3.40. The molecule has 2 heterocycles. The van der Waals surface area contributed by atoms with Gasteiger partial charge in [0.15, 0.2) is 0 Å². The number of nitrogens with zero attached hydrogens (tertiary/aromatic N) is 1. The summed E-state index contributed by atoms with van der Waals surface area (Å²) < 4.78 is 18.2. The molecule has 1 aliphatic heterocycles. The van der Waals surface area contributed by atoms with Crippen LogP contribution >= 0.6 is 11.8 Å². The van der Waals surface area contributed by atoms with Gasteiger partial charge in [-0.1, -0.05) is 30.3 Å². The van der Waals surface area contributed by atoms with Crippen molar-refractivity contribution in [2.75, 3.05) is 13.1 Å². The Morgan fingerprint density at radius 2 is 1.84 bits per heavy atom. The van der Waals surface area contributed by atoms with Gasteiger partial charge >= 0.3 is 5.63 Å². The standard InChI is InChI=1S/C22H15FN2O5S/c23-15-7-5-13(6-8-15)11-18-20(27)25(22(29)31-18)10-9-24-19(26)16-12-14-3-1-2-4-17(14)30-21(16)28/h1-8,11-12H,9-10H2,(H,24,26)/b18-11+. The van der Waals surface area contributed by atoms with Crippen LogP contribution in [0.5, 0.6) is 0 Å². The van der Waals surface area contributed by atoms with E-state index in [1.807, 2.05) is 0 Å². The summed E-state index contributed by atoms with van der Waals surface area (Å²) in [5.41, 5.74) is 0.0201. The summed E-state index contributed by atoms with van der Waals surface area (Å²) in [4.78, 5) is 50.3. The summed E-state index contributed by atoms with van der Waals surface area (Å²) in [5, 5.41) is 2.65. The van der Waals surface area contributed by atoms with E-state index in [0.717, 1.165) is 16.7 Å². The molecule has 0 unspecified atom stereocenters. The van der Waals surface area contributed by atoms with Gasteiger partial charge < -0.3 is 9.73 Å². The monoisotopic (exact) mass is 438 g/mol. The Morgan fingerprint density at radius 1 is 1.10 bits per heavy atom. The quantitative estimate of drug-likeness (QED) is 0.485. The topological polar surface area (TPSA) is 96.7 Å². The number of carbonyl (C=O) groups excluding carboxylic acids is 3. The van der Waals surface area contributed by atoms with Crippen molar-refractivity contribution in [1.29, 1.82) is 0 Å². The van der Waals surface area contributed by atoms with E-state index in [2.05, 4.69) is 5.32 Å². The first-order valence-electron chi connectivity index (χ1n) is 9.24. The average molecular weight is 438 g/mol. The van der Waals surface area contributed by atoms with Gasteiger partial charge in [0.05, 0.1) is 4.91 Å². The van der Waals surface area contributed by atoms with Crippen molar-refractivity contribution >= 4 is 45.9 Å². The Bertz CT molecular complexity index is 1280. The molecule has 9 heteroatoms. The number of fused-ring (bicyclic) bond motifs is 1. The predicted molar refractivity (Wildman–Crippen MR) is 114 cm³/mol. The smallest absolute Gasteiger partial charge is 0.349 e. The van der Waals surface area contributed by atoms with Gasteiger partial charge in [0.25, 0.3) is 17.1 Å². The molecule has 7 nitrogen and oxygen atoms in total. The van der Waals surface area contributed by atoms with E-state index in [0.29, 0.717) is 16.5 Å². The second kappa shape index (κ2) is 8.57. The number of para-hydroxylation sites is 1. The molecule has 0 atom stereocenters. The van der Waals surface area contributed by atoms with E-state index in [1.165, 1.54) is 36.4 Å². The summed E-state index contributed by atoms with van der Waals surface area (Å²) in [6.45, 7) is -0.0942. The number of nitrogens with one attached hydrogen (secondary N) is 1. The van der Waals surface area contributed by atoms with Crippen molar-refractivity contribution in [1.82, 2.24) is 10.2 Å². The van der Waals surface area contributed by atoms with Gasteiger partial charge in [-0.15, -0.1) is 0 Å². The molecule has 0 bridgehead atoms. The number of thioether (sulfide) groups is 1. The van der Waals surface area contributed by atoms with Crippen LogP contribution in [-0.4, -0.2) is 35.0 Å². The van der Waals surface area contributed by atoms with E-state index in [-0.39, 0.29) is 23.6 Å². The molecule has 0 saturated carbocycles. The maximum Gasteiger partial charge on any atom is 0.349 e. The zero-order valence-corrected chi connectivity index (χ0v) is 16.8. The van der Waals surface area contributed by atoms with Crippen LogP contribution in [0, 0.1) is 5.82 Å². The second-order valence-electron chi connectivity index (χ2n) is 6.63. The van der Waals surface area contributed by atoms with Crippen molar-refractivity contribution in [2.24, 2.45) is 0 Å². The minimum absolute atomic E-state index is 0.0348. The number of rotatable bonds is 5. The molecule has 156 valence electrons. The Kier molecular flexibility index (Phi) is 5.68. The van der Waals surface area contributed by atoms with E-state index < -0.39 is 28.5 Å². The number of imide groups is 1. The molecule has 3 aromatic rings. The van der Waals surface area contributed by atoms with Crippen molar-refractivity contribution in [3.05, 3.63) is 86.9 Å². The molecular weight excluding hydrogens is 423 g/mol. The molecule has 1 aliphatic rings. The highest BCUT2D eigenvalue weighted by molar-refractivity contribution is 8.18. The molecule has 0 radical (unpaired) electrons. The Morgan fingerprint density at radius 3 is 2.61 bits per heavy atom. The summed E-state index contributed by atoms with van der Waals surface area (Å²) in [6, 6.07) is 13.7. The number of hydrogen-bond donors (Lipinski definition) is 1. The highest BCUT2D eigenvalue weighted by Gasteiger charge is 2.34. The van der Waals surface area contributed by atoms with E-state index in [9.17, 15) is 23.6 Å². The van der Waals surface area contributed by atoms with Crippen LogP contribution < -0.4 is 10.9 Å². The number of carbonyl (C=O) groups is 3. The fourth-order valence-corrected chi connectivity index (χ4v) is 3.86. The first-order valence-corrected chi connectivity index (χ1v) is 10.1. The molecule has 31 heavy (non-hydrogen) atoms. The summed E-state index contributed by atoms with van der Waals surface area (Å²) in [6.07, 6.45) is 1.50. The lowest BCUT2D eigenvalue weighted by Gasteiger charge is -2.12. The molecule has 3 amide bonds. The molecule has 1 fully saturated rings. The van der Waals surface area contributed by atoms with Crippen molar-refractivity contribution in [3.8, 4) is 0 Å². The third kappa shape index (κ3) is 4.41. The molecule has 1 N–H and O–H groups in total. The molecule has 1 saturated heterocycles. The average Bonchev–Trinajstić information content (AvgIpc) is 3.02. The van der Waals surface area contributed by atoms with Crippen molar-refractivity contribution < 1.29 is 23.2 Å². The van der Waals surface area contributed by atoms with Gasteiger partial charge in [0.1, 0.15) is 17.0 Å². The highest BCUT2D eigenvalue weighted by atomic mass is 32.2. The third-order valence-corrected chi connectivity index (χ3v) is 5.46. The molecular formula is C22H15FN2O5S. The number of halogens is 1. The van der Waals surface area contributed by atoms with Gasteiger partial charge in [0, 0.05) is 18.5 Å². The van der Waals surface area contributed by atoms with E-state index in [4.69, 9.17) is 4.42 Å². The molecule has 0 aliphatic carbocycles. The normalized spacial score (nSPS) is 15.1. The zero-order valence-electron chi connectivity index (χ0n) is 16.0. The highest BCUT2D eigenvalue weighted by Crippen LogP contribution is 2.31. The largest absolute Gasteiger partial charge is 0.422 e. The minimum atomic E-state index is -0.774. The maximum absolute atomic E-state index is 13.0. The first kappa shape index (κ1) is 20.5. The van der Waals surface area contributed by atoms with E-state index in [1.54, 1.807) is 24.3 Å². The Labute approximate surface area is 179 Å². The van der Waals surface area contributed by atoms with Crippen molar-refractivity contribution in [2.45, 2.75) is 0 Å². The van der Waals surface area contributed by atoms with Gasteiger partial charge in [-0.2, -0.15) is 0 Å². The second-order valence-corrected chi connectivity index (χ2v) is 7.62. The Balaban J connectivity index is 1.40. The lowest BCUT2D eigenvalue weighted by molar-refractivity contribution is -0.122. The van der Waals surface area contributed by atoms with Crippen LogP contribution in [0.25, 0.3) is 17.0 Å². The van der Waals surface area contributed by atoms with Gasteiger partial charge in [-0.25, -0.2) is 9.18 Å². The number of amides is 3. The van der Waals surface area contributed by atoms with Gasteiger partial charge in [0.2, 0.25) is 0 Å². The van der Waals surface area contributed by atoms with Gasteiger partial charge in [-0.05, 0) is 47.7 Å². The fourth-order valence-electron chi connectivity index (χ4n) is 3.00. The zero-order chi connectivity index (χ0) is 22.0. The number of benzene rings is 2. The maximum atomic E-state index is 13.0. The molecule has 4 rings (SSSR count). The van der Waals surface area contributed by atoms with Crippen LogP contribution in [0.2, 0.25) is 0 Å². The van der Waals surface area contributed by atoms with Crippen LogP contribution in [0.1, 0.15) is 15.9 Å². The summed E-state index contributed by atoms with van der Waals surface area (Å²) in [5.74, 6) is -1.56. The Hall–Kier alpha value is -3.72. The number of hydrogen-bond acceptors (Lipinski definition) is 6. The third-order valence-electron chi connectivity index (χ3n) is 4.55. The van der Waals surface area contributed by atoms with E-state index >= 15 is 0 Å². The minimum Gasteiger partial charge on any atom is -0.422 e. The first-order chi connectivity index (χ1) is 14.9. The molecule has 1 aromatic heterocycles. The molecule has 2 aromatic carbocycles.